The van der Waals surface area contributed by atoms with E-state index in [9.17, 15) is 0 Å². The van der Waals surface area contributed by atoms with Gasteiger partial charge in [0, 0.05) is 11.6 Å². The summed E-state index contributed by atoms with van der Waals surface area (Å²) < 4.78 is 11.7. The molecule has 0 N–H and O–H groups in total. The van der Waals surface area contributed by atoms with Crippen LogP contribution >= 0.6 is 0 Å². The summed E-state index contributed by atoms with van der Waals surface area (Å²) in [5, 5.41) is 25.5. The fourth-order valence-corrected chi connectivity index (χ4v) is 1.80. The largest absolute Gasteiger partial charge is 0.497 e. The lowest BCUT2D eigenvalue weighted by atomic mass is 10.1. The Morgan fingerprint density at radius 2 is 1.80 bits per heavy atom. The molecular formula is C13H11N5O2. The van der Waals surface area contributed by atoms with Crippen molar-refractivity contribution in [3.63, 3.8) is 0 Å². The molecule has 0 aliphatic carbocycles. The third kappa shape index (κ3) is 2.38. The van der Waals surface area contributed by atoms with Crippen LogP contribution in [0.2, 0.25) is 0 Å². The molecule has 20 heavy (non-hydrogen) atoms. The Labute approximate surface area is 115 Å². The van der Waals surface area contributed by atoms with Gasteiger partial charge < -0.3 is 9.47 Å². The summed E-state index contributed by atoms with van der Waals surface area (Å²) in [6.45, 7) is 0.00351. The molecule has 0 bridgehead atoms. The average molecular weight is 269 g/mol. The number of hydrogen-bond donors (Lipinski definition) is 0. The zero-order chi connectivity index (χ0) is 14.5. The van der Waals surface area contributed by atoms with E-state index in [4.69, 9.17) is 20.0 Å². The number of nitriles is 2. The Morgan fingerprint density at radius 1 is 1.15 bits per heavy atom. The van der Waals surface area contributed by atoms with Crippen LogP contribution in [-0.2, 0) is 6.54 Å². The van der Waals surface area contributed by atoms with E-state index in [0.29, 0.717) is 22.8 Å². The molecule has 1 aromatic heterocycles. The number of rotatable bonds is 4. The van der Waals surface area contributed by atoms with Crippen LogP contribution in [0.4, 0.5) is 0 Å². The van der Waals surface area contributed by atoms with Gasteiger partial charge in [-0.25, -0.2) is 4.68 Å². The van der Waals surface area contributed by atoms with E-state index in [0.717, 1.165) is 0 Å². The summed E-state index contributed by atoms with van der Waals surface area (Å²) in [4.78, 5) is 0. The number of benzene rings is 1. The molecule has 2 aromatic rings. The third-order valence-corrected chi connectivity index (χ3v) is 2.69. The Bertz CT molecular complexity index is 686. The van der Waals surface area contributed by atoms with Crippen molar-refractivity contribution in [3.8, 4) is 34.9 Å². The third-order valence-electron chi connectivity index (χ3n) is 2.69. The lowest BCUT2D eigenvalue weighted by Crippen LogP contribution is -2.01. The van der Waals surface area contributed by atoms with Crippen molar-refractivity contribution in [1.82, 2.24) is 15.0 Å². The standard InChI is InChI=1S/C13H11N5O2/c1-19-10-5-9(6-11(7-10)20-2)13-12(8-15)16-17-18(13)4-3-14/h5-7H,4H2,1-2H3. The zero-order valence-electron chi connectivity index (χ0n) is 11.0. The molecule has 0 fully saturated rings. The van der Waals surface area contributed by atoms with E-state index in [1.165, 1.54) is 18.9 Å². The average Bonchev–Trinajstić information content (AvgIpc) is 2.89. The van der Waals surface area contributed by atoms with Gasteiger partial charge in [-0.2, -0.15) is 10.5 Å². The fourth-order valence-electron chi connectivity index (χ4n) is 1.80. The SMILES string of the molecule is COc1cc(OC)cc(-c2c(C#N)nnn2CC#N)c1. The summed E-state index contributed by atoms with van der Waals surface area (Å²) in [6, 6.07) is 9.12. The van der Waals surface area contributed by atoms with Gasteiger partial charge in [0.25, 0.3) is 0 Å². The Kier molecular flexibility index (Phi) is 3.82. The van der Waals surface area contributed by atoms with E-state index in [2.05, 4.69) is 10.3 Å². The van der Waals surface area contributed by atoms with Gasteiger partial charge in [-0.3, -0.25) is 0 Å². The second kappa shape index (κ2) is 5.72. The Morgan fingerprint density at radius 3 is 2.30 bits per heavy atom. The second-order valence-corrected chi connectivity index (χ2v) is 3.82. The van der Waals surface area contributed by atoms with Crippen LogP contribution < -0.4 is 9.47 Å². The van der Waals surface area contributed by atoms with E-state index in [1.807, 2.05) is 12.1 Å². The lowest BCUT2D eigenvalue weighted by molar-refractivity contribution is 0.394. The topological polar surface area (TPSA) is 96.8 Å². The summed E-state index contributed by atoms with van der Waals surface area (Å²) in [6.07, 6.45) is 0. The lowest BCUT2D eigenvalue weighted by Gasteiger charge is -2.09. The van der Waals surface area contributed by atoms with Gasteiger partial charge in [-0.15, -0.1) is 5.10 Å². The molecule has 2 rings (SSSR count). The number of aromatic nitrogens is 3. The van der Waals surface area contributed by atoms with Crippen molar-refractivity contribution in [2.24, 2.45) is 0 Å². The molecule has 0 atom stereocenters. The van der Waals surface area contributed by atoms with Crippen molar-refractivity contribution in [3.05, 3.63) is 23.9 Å². The normalized spacial score (nSPS) is 9.60. The van der Waals surface area contributed by atoms with E-state index < -0.39 is 0 Å². The smallest absolute Gasteiger partial charge is 0.190 e. The van der Waals surface area contributed by atoms with Crippen LogP contribution in [0.5, 0.6) is 11.5 Å². The highest BCUT2D eigenvalue weighted by Crippen LogP contribution is 2.30. The minimum absolute atomic E-state index is 0.00351. The number of methoxy groups -OCH3 is 2. The van der Waals surface area contributed by atoms with Crippen LogP contribution in [0.1, 0.15) is 5.69 Å². The number of hydrogen-bond acceptors (Lipinski definition) is 6. The summed E-state index contributed by atoms with van der Waals surface area (Å²) in [5.74, 6) is 1.15. The molecule has 1 heterocycles. The first-order valence-corrected chi connectivity index (χ1v) is 5.67. The maximum Gasteiger partial charge on any atom is 0.190 e. The molecule has 0 aliphatic rings. The quantitative estimate of drug-likeness (QED) is 0.831. The van der Waals surface area contributed by atoms with Crippen molar-refractivity contribution in [2.75, 3.05) is 14.2 Å². The van der Waals surface area contributed by atoms with Gasteiger partial charge in [0.1, 0.15) is 29.8 Å². The maximum atomic E-state index is 9.10. The molecule has 0 spiro atoms. The van der Waals surface area contributed by atoms with Gasteiger partial charge in [-0.05, 0) is 12.1 Å². The number of nitrogens with zero attached hydrogens (tertiary/aromatic N) is 5. The first kappa shape index (κ1) is 13.4. The fraction of sp³-hybridized carbons (Fsp3) is 0.231. The number of ether oxygens (including phenoxy) is 2. The first-order chi connectivity index (χ1) is 9.73. The highest BCUT2D eigenvalue weighted by atomic mass is 16.5. The van der Waals surface area contributed by atoms with Gasteiger partial charge in [0.05, 0.1) is 20.3 Å². The molecule has 0 saturated heterocycles. The minimum Gasteiger partial charge on any atom is -0.497 e. The summed E-state index contributed by atoms with van der Waals surface area (Å²) in [7, 11) is 3.07. The Balaban J connectivity index is 2.64. The highest BCUT2D eigenvalue weighted by Gasteiger charge is 2.16. The summed E-state index contributed by atoms with van der Waals surface area (Å²) >= 11 is 0. The molecule has 7 heteroatoms. The van der Waals surface area contributed by atoms with E-state index >= 15 is 0 Å². The molecule has 0 amide bonds. The predicted molar refractivity (Wildman–Crippen MR) is 68.9 cm³/mol. The molecule has 7 nitrogen and oxygen atoms in total. The van der Waals surface area contributed by atoms with Crippen molar-refractivity contribution in [2.45, 2.75) is 6.54 Å². The molecule has 0 aliphatic heterocycles. The molecule has 1 aromatic carbocycles. The van der Waals surface area contributed by atoms with E-state index in [1.54, 1.807) is 18.2 Å². The van der Waals surface area contributed by atoms with Crippen LogP contribution in [0.3, 0.4) is 0 Å². The van der Waals surface area contributed by atoms with E-state index in [-0.39, 0.29) is 12.2 Å². The minimum atomic E-state index is 0.00351. The highest BCUT2D eigenvalue weighted by molar-refractivity contribution is 5.68. The van der Waals surface area contributed by atoms with Crippen molar-refractivity contribution >= 4 is 0 Å². The molecular weight excluding hydrogens is 258 g/mol. The molecule has 0 saturated carbocycles. The van der Waals surface area contributed by atoms with Gasteiger partial charge in [0.2, 0.25) is 0 Å². The molecule has 0 radical (unpaired) electrons. The van der Waals surface area contributed by atoms with Crippen LogP contribution in [-0.4, -0.2) is 29.2 Å². The summed E-state index contributed by atoms with van der Waals surface area (Å²) in [5.41, 5.74) is 1.26. The van der Waals surface area contributed by atoms with Gasteiger partial charge >= 0.3 is 0 Å². The van der Waals surface area contributed by atoms with Gasteiger partial charge in [-0.1, -0.05) is 5.21 Å². The van der Waals surface area contributed by atoms with Crippen molar-refractivity contribution in [1.29, 1.82) is 10.5 Å². The van der Waals surface area contributed by atoms with Crippen LogP contribution in [0.15, 0.2) is 18.2 Å². The van der Waals surface area contributed by atoms with Crippen molar-refractivity contribution < 1.29 is 9.47 Å². The van der Waals surface area contributed by atoms with Gasteiger partial charge in [0.15, 0.2) is 5.69 Å². The molecule has 0 unspecified atom stereocenters. The second-order valence-electron chi connectivity index (χ2n) is 3.82. The van der Waals surface area contributed by atoms with Crippen LogP contribution in [0.25, 0.3) is 11.3 Å². The first-order valence-electron chi connectivity index (χ1n) is 5.67. The Hall–Kier alpha value is -3.06. The zero-order valence-corrected chi connectivity index (χ0v) is 11.0. The van der Waals surface area contributed by atoms with Crippen LogP contribution in [0, 0.1) is 22.7 Å². The maximum absolute atomic E-state index is 9.10. The monoisotopic (exact) mass is 269 g/mol. The predicted octanol–water partition coefficient (Wildman–Crippen LogP) is 1.36. The molecule has 100 valence electrons.